The van der Waals surface area contributed by atoms with E-state index < -0.39 is 0 Å². The highest BCUT2D eigenvalue weighted by molar-refractivity contribution is 7.17. The summed E-state index contributed by atoms with van der Waals surface area (Å²) >= 11 is 1.40. The van der Waals surface area contributed by atoms with Crippen LogP contribution in [-0.2, 0) is 0 Å². The number of hydrogen-bond donors (Lipinski definition) is 0. The number of nitrogens with zero attached hydrogens (tertiary/aromatic N) is 4. The fourth-order valence-electron chi connectivity index (χ4n) is 2.63. The predicted molar refractivity (Wildman–Crippen MR) is 103 cm³/mol. The van der Waals surface area contributed by atoms with Gasteiger partial charge >= 0.3 is 0 Å². The molecule has 0 amide bonds. The van der Waals surface area contributed by atoms with Gasteiger partial charge in [-0.05, 0) is 35.9 Å². The first-order valence-corrected chi connectivity index (χ1v) is 8.88. The van der Waals surface area contributed by atoms with E-state index in [4.69, 9.17) is 9.47 Å². The molecule has 0 aliphatic heterocycles. The van der Waals surface area contributed by atoms with Gasteiger partial charge in [0, 0.05) is 5.56 Å². The minimum absolute atomic E-state index is 0.326. The summed E-state index contributed by atoms with van der Waals surface area (Å²) in [5.41, 5.74) is 1.58. The Morgan fingerprint density at radius 1 is 1.00 bits per heavy atom. The van der Waals surface area contributed by atoms with Crippen LogP contribution in [0.15, 0.2) is 42.5 Å². The zero-order valence-electron chi connectivity index (χ0n) is 14.6. The summed E-state index contributed by atoms with van der Waals surface area (Å²) in [5, 5.41) is 13.5. The summed E-state index contributed by atoms with van der Waals surface area (Å²) in [7, 11) is 3.20. The van der Waals surface area contributed by atoms with Crippen LogP contribution >= 0.6 is 11.3 Å². The van der Waals surface area contributed by atoms with Crippen LogP contribution in [0.25, 0.3) is 28.5 Å². The lowest BCUT2D eigenvalue weighted by molar-refractivity contribution is 0.355. The third kappa shape index (κ3) is 3.39. The Hall–Kier alpha value is -3.26. The fraction of sp³-hybridized carbons (Fsp3) is 0.105. The van der Waals surface area contributed by atoms with Crippen molar-refractivity contribution in [3.05, 3.63) is 58.9 Å². The second-order valence-corrected chi connectivity index (χ2v) is 6.60. The normalized spacial score (nSPS) is 11.4. The molecule has 2 aromatic heterocycles. The summed E-state index contributed by atoms with van der Waals surface area (Å²) in [5.74, 6) is 1.51. The first-order chi connectivity index (χ1) is 13.2. The molecule has 27 heavy (non-hydrogen) atoms. The summed E-state index contributed by atoms with van der Waals surface area (Å²) in [6, 6.07) is 11.9. The molecular formula is C19H15FN4O2S. The van der Waals surface area contributed by atoms with Crippen LogP contribution in [0.5, 0.6) is 11.5 Å². The summed E-state index contributed by atoms with van der Waals surface area (Å²) < 4.78 is 25.7. The Morgan fingerprint density at radius 2 is 1.85 bits per heavy atom. The van der Waals surface area contributed by atoms with E-state index >= 15 is 0 Å². The molecule has 4 rings (SSSR count). The molecule has 0 aliphatic carbocycles. The van der Waals surface area contributed by atoms with Gasteiger partial charge in [0.15, 0.2) is 17.3 Å². The quantitative estimate of drug-likeness (QED) is 0.518. The van der Waals surface area contributed by atoms with Gasteiger partial charge in [-0.25, -0.2) is 4.39 Å². The average Bonchev–Trinajstić information content (AvgIpc) is 3.26. The lowest BCUT2D eigenvalue weighted by Gasteiger charge is -2.07. The first-order valence-electron chi connectivity index (χ1n) is 8.06. The molecule has 8 heteroatoms. The van der Waals surface area contributed by atoms with E-state index in [0.29, 0.717) is 27.8 Å². The minimum atomic E-state index is -0.326. The number of hydrogen-bond acceptors (Lipinski definition) is 6. The van der Waals surface area contributed by atoms with Gasteiger partial charge in [0.25, 0.3) is 0 Å². The van der Waals surface area contributed by atoms with Gasteiger partial charge in [0.1, 0.15) is 10.8 Å². The van der Waals surface area contributed by atoms with Crippen molar-refractivity contribution in [2.75, 3.05) is 14.2 Å². The lowest BCUT2D eigenvalue weighted by atomic mass is 10.2. The van der Waals surface area contributed by atoms with Crippen LogP contribution < -0.4 is 9.47 Å². The molecule has 4 aromatic rings. The van der Waals surface area contributed by atoms with Gasteiger partial charge < -0.3 is 9.47 Å². The van der Waals surface area contributed by atoms with Gasteiger partial charge in [0.05, 0.1) is 14.2 Å². The van der Waals surface area contributed by atoms with Crippen molar-refractivity contribution in [3.63, 3.8) is 0 Å². The van der Waals surface area contributed by atoms with Crippen LogP contribution in [-0.4, -0.2) is 34.0 Å². The molecule has 0 aliphatic rings. The Balaban J connectivity index is 1.65. The molecule has 0 saturated carbocycles. The molecule has 0 spiro atoms. The number of aromatic nitrogens is 4. The highest BCUT2D eigenvalue weighted by Gasteiger charge is 2.13. The number of methoxy groups -OCH3 is 2. The molecule has 0 saturated heterocycles. The van der Waals surface area contributed by atoms with Gasteiger partial charge in [-0.1, -0.05) is 35.6 Å². The predicted octanol–water partition coefficient (Wildman–Crippen LogP) is 4.18. The van der Waals surface area contributed by atoms with E-state index in [1.54, 1.807) is 30.9 Å². The Bertz CT molecular complexity index is 1140. The van der Waals surface area contributed by atoms with Crippen molar-refractivity contribution in [3.8, 4) is 22.9 Å². The monoisotopic (exact) mass is 382 g/mol. The molecule has 136 valence electrons. The molecule has 6 nitrogen and oxygen atoms in total. The summed E-state index contributed by atoms with van der Waals surface area (Å²) in [6.07, 6.45) is 3.81. The fourth-order valence-corrected chi connectivity index (χ4v) is 3.37. The number of benzene rings is 2. The van der Waals surface area contributed by atoms with E-state index in [1.807, 2.05) is 30.4 Å². The van der Waals surface area contributed by atoms with Crippen LogP contribution in [0.4, 0.5) is 4.39 Å². The van der Waals surface area contributed by atoms with E-state index in [-0.39, 0.29) is 5.82 Å². The molecule has 0 atom stereocenters. The zero-order valence-corrected chi connectivity index (χ0v) is 15.4. The smallest absolute Gasteiger partial charge is 0.235 e. The topological polar surface area (TPSA) is 61.5 Å². The van der Waals surface area contributed by atoms with Gasteiger partial charge in [0.2, 0.25) is 4.96 Å². The van der Waals surface area contributed by atoms with Crippen LogP contribution in [0.1, 0.15) is 10.6 Å². The standard InChI is InChI=1S/C19H15FN4O2S/c1-25-15-8-6-12(10-16(15)26-2)7-9-17-23-24-18(21-22-19(24)27-17)13-4-3-5-14(20)11-13/h3-11H,1-2H3/b9-7+. The van der Waals surface area contributed by atoms with Crippen molar-refractivity contribution in [1.29, 1.82) is 0 Å². The maximum atomic E-state index is 13.5. The van der Waals surface area contributed by atoms with E-state index in [0.717, 1.165) is 10.6 Å². The van der Waals surface area contributed by atoms with Crippen molar-refractivity contribution >= 4 is 28.4 Å². The molecule has 2 heterocycles. The summed E-state index contributed by atoms with van der Waals surface area (Å²) in [6.45, 7) is 0. The van der Waals surface area contributed by atoms with Crippen LogP contribution in [0.3, 0.4) is 0 Å². The largest absolute Gasteiger partial charge is 0.493 e. The molecule has 0 unspecified atom stereocenters. The molecular weight excluding hydrogens is 367 g/mol. The number of rotatable bonds is 5. The lowest BCUT2D eigenvalue weighted by Crippen LogP contribution is -1.91. The van der Waals surface area contributed by atoms with Crippen molar-refractivity contribution < 1.29 is 13.9 Å². The second kappa shape index (κ2) is 7.16. The third-order valence-corrected chi connectivity index (χ3v) is 4.78. The molecule has 0 radical (unpaired) electrons. The minimum Gasteiger partial charge on any atom is -0.493 e. The highest BCUT2D eigenvalue weighted by Crippen LogP contribution is 2.29. The van der Waals surface area contributed by atoms with Gasteiger partial charge in [-0.2, -0.15) is 9.61 Å². The van der Waals surface area contributed by atoms with Crippen molar-refractivity contribution in [2.24, 2.45) is 0 Å². The average molecular weight is 382 g/mol. The molecule has 0 bridgehead atoms. The number of ether oxygens (including phenoxy) is 2. The van der Waals surface area contributed by atoms with E-state index in [1.165, 1.54) is 23.5 Å². The SMILES string of the molecule is COc1ccc(/C=C/c2nn3c(-c4cccc(F)c4)nnc3s2)cc1OC. The maximum Gasteiger partial charge on any atom is 0.235 e. The van der Waals surface area contributed by atoms with Crippen LogP contribution in [0.2, 0.25) is 0 Å². The second-order valence-electron chi connectivity index (χ2n) is 5.62. The number of halogens is 1. The van der Waals surface area contributed by atoms with E-state index in [2.05, 4.69) is 15.3 Å². The zero-order chi connectivity index (χ0) is 18.8. The summed E-state index contributed by atoms with van der Waals surface area (Å²) in [4.78, 5) is 0.640. The Labute approximate surface area is 158 Å². The first kappa shape index (κ1) is 17.2. The van der Waals surface area contributed by atoms with Crippen molar-refractivity contribution in [2.45, 2.75) is 0 Å². The number of fused-ring (bicyclic) bond motifs is 1. The van der Waals surface area contributed by atoms with Gasteiger partial charge in [-0.3, -0.25) is 0 Å². The molecule has 0 fully saturated rings. The van der Waals surface area contributed by atoms with Crippen LogP contribution in [0, 0.1) is 5.82 Å². The van der Waals surface area contributed by atoms with Crippen molar-refractivity contribution in [1.82, 2.24) is 19.8 Å². The molecule has 0 N–H and O–H groups in total. The Morgan fingerprint density at radius 3 is 2.63 bits per heavy atom. The molecule has 2 aromatic carbocycles. The Kier molecular flexibility index (Phi) is 4.55. The third-order valence-electron chi connectivity index (χ3n) is 3.92. The highest BCUT2D eigenvalue weighted by atomic mass is 32.1. The maximum absolute atomic E-state index is 13.5. The van der Waals surface area contributed by atoms with E-state index in [9.17, 15) is 4.39 Å². The van der Waals surface area contributed by atoms with Gasteiger partial charge in [-0.15, -0.1) is 10.2 Å².